The molecule has 0 aromatic rings. The molecule has 0 bridgehead atoms. The second-order valence-electron chi connectivity index (χ2n) is 2.79. The summed E-state index contributed by atoms with van der Waals surface area (Å²) in [4.78, 5) is 6.73. The van der Waals surface area contributed by atoms with Crippen molar-refractivity contribution in [2.45, 2.75) is 19.8 Å². The van der Waals surface area contributed by atoms with Crippen LogP contribution in [0.1, 0.15) is 19.8 Å². The van der Waals surface area contributed by atoms with Crippen LogP contribution >= 0.6 is 11.8 Å². The first kappa shape index (κ1) is 7.22. The minimum Gasteiger partial charge on any atom is -0.322 e. The summed E-state index contributed by atoms with van der Waals surface area (Å²) in [5.41, 5.74) is 1.47. The van der Waals surface area contributed by atoms with Gasteiger partial charge in [0.15, 0.2) is 5.17 Å². The summed E-state index contributed by atoms with van der Waals surface area (Å²) in [7, 11) is 0. The number of fused-ring (bicyclic) bond motifs is 1. The molecule has 11 heavy (non-hydrogen) atoms. The highest BCUT2D eigenvalue weighted by Crippen LogP contribution is 2.31. The van der Waals surface area contributed by atoms with Crippen LogP contribution in [0.15, 0.2) is 16.1 Å². The number of allylic oxidation sites excluding steroid dienone is 1. The third kappa shape index (κ3) is 1.18. The Morgan fingerprint density at radius 1 is 1.73 bits per heavy atom. The predicted molar refractivity (Wildman–Crippen MR) is 49.6 cm³/mol. The average Bonchev–Trinajstić information content (AvgIpc) is 2.53. The molecule has 0 saturated heterocycles. The predicted octanol–water partition coefficient (Wildman–Crippen LogP) is 2.05. The minimum absolute atomic E-state index is 0.989. The molecule has 0 unspecified atom stereocenters. The summed E-state index contributed by atoms with van der Waals surface area (Å²) < 4.78 is 0. The fraction of sp³-hybridized carbons (Fsp3) is 0.625. The maximum absolute atomic E-state index is 4.38. The molecule has 2 aliphatic rings. The van der Waals surface area contributed by atoms with Crippen molar-refractivity contribution in [2.75, 3.05) is 13.1 Å². The number of nitrogens with zero attached hydrogens (tertiary/aromatic N) is 2. The molecule has 0 aromatic carbocycles. The van der Waals surface area contributed by atoms with E-state index in [2.05, 4.69) is 22.2 Å². The Labute approximate surface area is 71.4 Å². The van der Waals surface area contributed by atoms with E-state index in [1.807, 2.05) is 0 Å². The van der Waals surface area contributed by atoms with Crippen molar-refractivity contribution in [3.63, 3.8) is 0 Å². The van der Waals surface area contributed by atoms with Gasteiger partial charge in [-0.3, -0.25) is 4.99 Å². The van der Waals surface area contributed by atoms with Gasteiger partial charge in [0.1, 0.15) is 0 Å². The molecule has 0 fully saturated rings. The van der Waals surface area contributed by atoms with Gasteiger partial charge in [0.2, 0.25) is 0 Å². The van der Waals surface area contributed by atoms with Crippen molar-refractivity contribution in [3.8, 4) is 0 Å². The smallest absolute Gasteiger partial charge is 0.167 e. The third-order valence-electron chi connectivity index (χ3n) is 1.95. The van der Waals surface area contributed by atoms with Crippen molar-refractivity contribution >= 4 is 16.9 Å². The van der Waals surface area contributed by atoms with E-state index in [1.165, 1.54) is 23.7 Å². The lowest BCUT2D eigenvalue weighted by Gasteiger charge is -2.15. The van der Waals surface area contributed by atoms with Gasteiger partial charge < -0.3 is 4.90 Å². The van der Waals surface area contributed by atoms with Gasteiger partial charge in [-0.1, -0.05) is 25.1 Å². The monoisotopic (exact) mass is 168 g/mol. The Bertz CT molecular complexity index is 220. The summed E-state index contributed by atoms with van der Waals surface area (Å²) in [6.45, 7) is 4.31. The molecular formula is C8H12N2S. The zero-order chi connectivity index (χ0) is 7.68. The molecule has 0 aromatic heterocycles. The molecule has 0 N–H and O–H groups in total. The summed E-state index contributed by atoms with van der Waals surface area (Å²) in [5.74, 6) is 0. The summed E-state index contributed by atoms with van der Waals surface area (Å²) >= 11 is 1.77. The van der Waals surface area contributed by atoms with Crippen LogP contribution in [0.2, 0.25) is 0 Å². The molecule has 2 aliphatic heterocycles. The molecule has 0 spiro atoms. The Hall–Kier alpha value is -0.440. The first-order valence-electron chi connectivity index (χ1n) is 4.09. The zero-order valence-corrected chi connectivity index (χ0v) is 7.52. The van der Waals surface area contributed by atoms with Crippen LogP contribution in [0.5, 0.6) is 0 Å². The van der Waals surface area contributed by atoms with E-state index >= 15 is 0 Å². The molecule has 0 radical (unpaired) electrons. The molecular weight excluding hydrogens is 156 g/mol. The maximum atomic E-state index is 4.38. The fourth-order valence-electron chi connectivity index (χ4n) is 1.43. The fourth-order valence-corrected chi connectivity index (χ4v) is 2.42. The van der Waals surface area contributed by atoms with Crippen LogP contribution in [-0.4, -0.2) is 23.2 Å². The van der Waals surface area contributed by atoms with Crippen molar-refractivity contribution in [2.24, 2.45) is 4.99 Å². The van der Waals surface area contributed by atoms with E-state index < -0.39 is 0 Å². The highest BCUT2D eigenvalue weighted by Gasteiger charge is 2.24. The van der Waals surface area contributed by atoms with Gasteiger partial charge in [0.25, 0.3) is 0 Å². The number of aliphatic imine (C=N–C) groups is 1. The van der Waals surface area contributed by atoms with Crippen LogP contribution in [0, 0.1) is 0 Å². The summed E-state index contributed by atoms with van der Waals surface area (Å²) in [5, 5.41) is 3.45. The van der Waals surface area contributed by atoms with Gasteiger partial charge >= 0.3 is 0 Å². The number of hydrogen-bond donors (Lipinski definition) is 0. The molecule has 2 heterocycles. The minimum atomic E-state index is 0.989. The molecule has 0 amide bonds. The first-order valence-corrected chi connectivity index (χ1v) is 4.97. The topological polar surface area (TPSA) is 15.6 Å². The largest absolute Gasteiger partial charge is 0.322 e. The number of thioether (sulfide) groups is 1. The quantitative estimate of drug-likeness (QED) is 0.627. The highest BCUT2D eigenvalue weighted by atomic mass is 32.2. The lowest BCUT2D eigenvalue weighted by Crippen LogP contribution is -2.20. The van der Waals surface area contributed by atoms with Crippen LogP contribution in [0.25, 0.3) is 0 Å². The molecule has 2 nitrogen and oxygen atoms in total. The zero-order valence-electron chi connectivity index (χ0n) is 6.71. The molecule has 0 atom stereocenters. The van der Waals surface area contributed by atoms with Crippen molar-refractivity contribution in [1.82, 2.24) is 4.90 Å². The van der Waals surface area contributed by atoms with E-state index in [-0.39, 0.29) is 0 Å². The van der Waals surface area contributed by atoms with Gasteiger partial charge in [0, 0.05) is 12.2 Å². The van der Waals surface area contributed by atoms with E-state index in [9.17, 15) is 0 Å². The third-order valence-corrected chi connectivity index (χ3v) is 2.91. The Balaban J connectivity index is 2.07. The second-order valence-corrected chi connectivity index (χ2v) is 3.63. The van der Waals surface area contributed by atoms with E-state index in [1.54, 1.807) is 11.8 Å². The van der Waals surface area contributed by atoms with Crippen molar-refractivity contribution in [1.29, 1.82) is 0 Å². The van der Waals surface area contributed by atoms with Crippen molar-refractivity contribution in [3.05, 3.63) is 11.1 Å². The lowest BCUT2D eigenvalue weighted by molar-refractivity contribution is 0.542. The number of hydrogen-bond acceptors (Lipinski definition) is 3. The summed E-state index contributed by atoms with van der Waals surface area (Å²) in [6, 6.07) is 0. The SMILES string of the molecule is CCCC1=CSC2=NCCN12. The second kappa shape index (κ2) is 2.89. The van der Waals surface area contributed by atoms with Gasteiger partial charge in [-0.25, -0.2) is 0 Å². The maximum Gasteiger partial charge on any atom is 0.167 e. The van der Waals surface area contributed by atoms with Gasteiger partial charge in [0.05, 0.1) is 6.54 Å². The Kier molecular flexibility index (Phi) is 1.90. The molecule has 0 aliphatic carbocycles. The number of rotatable bonds is 2. The van der Waals surface area contributed by atoms with Crippen LogP contribution in [0.3, 0.4) is 0 Å². The van der Waals surface area contributed by atoms with Crippen LogP contribution in [-0.2, 0) is 0 Å². The van der Waals surface area contributed by atoms with Crippen LogP contribution in [0.4, 0.5) is 0 Å². The van der Waals surface area contributed by atoms with Gasteiger partial charge in [-0.15, -0.1) is 0 Å². The Morgan fingerprint density at radius 3 is 3.45 bits per heavy atom. The van der Waals surface area contributed by atoms with Crippen LogP contribution < -0.4 is 0 Å². The standard InChI is InChI=1S/C8H12N2S/c1-2-3-7-6-11-8-9-4-5-10(7)8/h6H,2-5H2,1H3. The average molecular weight is 168 g/mol. The number of amidine groups is 1. The van der Waals surface area contributed by atoms with E-state index in [0.717, 1.165) is 13.1 Å². The molecule has 60 valence electrons. The summed E-state index contributed by atoms with van der Waals surface area (Å²) in [6.07, 6.45) is 2.43. The van der Waals surface area contributed by atoms with Gasteiger partial charge in [-0.2, -0.15) is 0 Å². The van der Waals surface area contributed by atoms with E-state index in [4.69, 9.17) is 0 Å². The van der Waals surface area contributed by atoms with E-state index in [0.29, 0.717) is 0 Å². The first-order chi connectivity index (χ1) is 5.42. The van der Waals surface area contributed by atoms with Crippen molar-refractivity contribution < 1.29 is 0 Å². The molecule has 0 saturated carbocycles. The highest BCUT2D eigenvalue weighted by molar-refractivity contribution is 8.16. The molecule has 3 heteroatoms. The normalized spacial score (nSPS) is 21.7. The van der Waals surface area contributed by atoms with Gasteiger partial charge in [-0.05, 0) is 11.8 Å². The lowest BCUT2D eigenvalue weighted by atomic mass is 10.2. The molecule has 2 rings (SSSR count). The Morgan fingerprint density at radius 2 is 2.64 bits per heavy atom.